The molecular formula is C17H17BrN2O4. The number of anilines is 1. The molecule has 24 heavy (non-hydrogen) atoms. The number of methoxy groups -OCH3 is 2. The minimum absolute atomic E-state index is 0.196. The molecule has 7 heteroatoms. The van der Waals surface area contributed by atoms with E-state index in [2.05, 4.69) is 26.4 Å². The molecule has 2 rings (SSSR count). The summed E-state index contributed by atoms with van der Waals surface area (Å²) in [6.45, 7) is -0.196. The zero-order valence-electron chi connectivity index (χ0n) is 13.3. The Morgan fingerprint density at radius 2 is 1.92 bits per heavy atom. The molecule has 0 radical (unpaired) electrons. The van der Waals surface area contributed by atoms with Gasteiger partial charge in [0.2, 0.25) is 0 Å². The number of carbonyl (C=O) groups is 1. The largest absolute Gasteiger partial charge is 0.493 e. The van der Waals surface area contributed by atoms with Crippen molar-refractivity contribution in [2.75, 3.05) is 26.1 Å². The summed E-state index contributed by atoms with van der Waals surface area (Å²) in [5.74, 6) is 0.841. The van der Waals surface area contributed by atoms with E-state index in [1.165, 1.54) is 6.21 Å². The SMILES string of the molecule is COc1cccc(/C=N\OCC(=O)Nc2ccc(Br)cc2)c1OC. The van der Waals surface area contributed by atoms with Gasteiger partial charge in [-0.15, -0.1) is 0 Å². The summed E-state index contributed by atoms with van der Waals surface area (Å²) >= 11 is 3.33. The van der Waals surface area contributed by atoms with Crippen molar-refractivity contribution in [1.29, 1.82) is 0 Å². The van der Waals surface area contributed by atoms with Gasteiger partial charge in [-0.2, -0.15) is 0 Å². The van der Waals surface area contributed by atoms with Gasteiger partial charge in [0.15, 0.2) is 18.1 Å². The van der Waals surface area contributed by atoms with Crippen molar-refractivity contribution in [3.05, 3.63) is 52.5 Å². The Morgan fingerprint density at radius 3 is 2.58 bits per heavy atom. The summed E-state index contributed by atoms with van der Waals surface area (Å²) in [6.07, 6.45) is 1.47. The van der Waals surface area contributed by atoms with E-state index in [0.717, 1.165) is 4.47 Å². The Hall–Kier alpha value is -2.54. The smallest absolute Gasteiger partial charge is 0.265 e. The summed E-state index contributed by atoms with van der Waals surface area (Å²) in [6, 6.07) is 12.6. The second kappa shape index (κ2) is 8.93. The number of carbonyl (C=O) groups excluding carboxylic acids is 1. The molecule has 0 unspecified atom stereocenters. The fourth-order valence-electron chi connectivity index (χ4n) is 1.93. The van der Waals surface area contributed by atoms with E-state index in [1.807, 2.05) is 18.2 Å². The minimum atomic E-state index is -0.299. The molecule has 126 valence electrons. The van der Waals surface area contributed by atoms with E-state index >= 15 is 0 Å². The van der Waals surface area contributed by atoms with Crippen LogP contribution in [-0.2, 0) is 9.63 Å². The Balaban J connectivity index is 1.88. The predicted octanol–water partition coefficient (Wildman–Crippen LogP) is 3.46. The van der Waals surface area contributed by atoms with E-state index < -0.39 is 0 Å². The minimum Gasteiger partial charge on any atom is -0.493 e. The zero-order chi connectivity index (χ0) is 17.4. The van der Waals surface area contributed by atoms with Crippen LogP contribution in [0, 0.1) is 0 Å². The van der Waals surface area contributed by atoms with Gasteiger partial charge in [-0.3, -0.25) is 4.79 Å². The maximum Gasteiger partial charge on any atom is 0.265 e. The lowest BCUT2D eigenvalue weighted by molar-refractivity contribution is -0.120. The predicted molar refractivity (Wildman–Crippen MR) is 95.9 cm³/mol. The van der Waals surface area contributed by atoms with Gasteiger partial charge >= 0.3 is 0 Å². The third-order valence-corrected chi connectivity index (χ3v) is 3.55. The first-order valence-electron chi connectivity index (χ1n) is 7.05. The lowest BCUT2D eigenvalue weighted by atomic mass is 10.2. The van der Waals surface area contributed by atoms with Crippen molar-refractivity contribution in [3.8, 4) is 11.5 Å². The van der Waals surface area contributed by atoms with Crippen molar-refractivity contribution in [2.45, 2.75) is 0 Å². The normalized spacial score (nSPS) is 10.5. The number of nitrogens with zero attached hydrogens (tertiary/aromatic N) is 1. The number of oxime groups is 1. The molecule has 0 bridgehead atoms. The van der Waals surface area contributed by atoms with Gasteiger partial charge in [-0.05, 0) is 36.4 Å². The van der Waals surface area contributed by atoms with Crippen LogP contribution in [0.15, 0.2) is 52.1 Å². The highest BCUT2D eigenvalue weighted by Crippen LogP contribution is 2.29. The summed E-state index contributed by atoms with van der Waals surface area (Å²) < 4.78 is 11.4. The molecule has 6 nitrogen and oxygen atoms in total. The van der Waals surface area contributed by atoms with Crippen LogP contribution in [0.2, 0.25) is 0 Å². The van der Waals surface area contributed by atoms with Crippen molar-refractivity contribution in [1.82, 2.24) is 0 Å². The fourth-order valence-corrected chi connectivity index (χ4v) is 2.20. The van der Waals surface area contributed by atoms with Crippen LogP contribution in [-0.4, -0.2) is 32.9 Å². The molecule has 1 amide bonds. The highest BCUT2D eigenvalue weighted by atomic mass is 79.9. The third-order valence-electron chi connectivity index (χ3n) is 3.02. The molecule has 0 aliphatic heterocycles. The summed E-state index contributed by atoms with van der Waals surface area (Å²) in [5, 5.41) is 6.50. The molecule has 0 aliphatic carbocycles. The molecule has 2 aromatic carbocycles. The molecule has 0 saturated carbocycles. The molecule has 0 aromatic heterocycles. The first-order chi connectivity index (χ1) is 11.6. The van der Waals surface area contributed by atoms with E-state index in [-0.39, 0.29) is 12.5 Å². The molecule has 0 atom stereocenters. The van der Waals surface area contributed by atoms with Gasteiger partial charge in [0.05, 0.1) is 20.4 Å². The summed E-state index contributed by atoms with van der Waals surface area (Å²) in [4.78, 5) is 16.8. The molecule has 0 fully saturated rings. The number of para-hydroxylation sites is 1. The van der Waals surface area contributed by atoms with Crippen LogP contribution in [0.25, 0.3) is 0 Å². The number of ether oxygens (including phenoxy) is 2. The highest BCUT2D eigenvalue weighted by Gasteiger charge is 2.07. The van der Waals surface area contributed by atoms with Crippen molar-refractivity contribution >= 4 is 33.7 Å². The Kier molecular flexibility index (Phi) is 6.62. The molecule has 0 saturated heterocycles. The van der Waals surface area contributed by atoms with Crippen LogP contribution in [0.4, 0.5) is 5.69 Å². The van der Waals surface area contributed by atoms with Crippen molar-refractivity contribution < 1.29 is 19.1 Å². The number of amides is 1. The highest BCUT2D eigenvalue weighted by molar-refractivity contribution is 9.10. The van der Waals surface area contributed by atoms with Gasteiger partial charge in [-0.25, -0.2) is 0 Å². The van der Waals surface area contributed by atoms with Crippen LogP contribution in [0.3, 0.4) is 0 Å². The van der Waals surface area contributed by atoms with Crippen molar-refractivity contribution in [3.63, 3.8) is 0 Å². The van der Waals surface area contributed by atoms with Gasteiger partial charge in [0, 0.05) is 15.7 Å². The molecule has 0 aliphatic rings. The van der Waals surface area contributed by atoms with Gasteiger partial charge in [0.1, 0.15) is 0 Å². The van der Waals surface area contributed by atoms with Crippen LogP contribution < -0.4 is 14.8 Å². The van der Waals surface area contributed by atoms with Crippen LogP contribution in [0.1, 0.15) is 5.56 Å². The Morgan fingerprint density at radius 1 is 1.17 bits per heavy atom. The Labute approximate surface area is 148 Å². The average Bonchev–Trinajstić information content (AvgIpc) is 2.60. The summed E-state index contributed by atoms with van der Waals surface area (Å²) in [5.41, 5.74) is 1.37. The van der Waals surface area contributed by atoms with Crippen LogP contribution in [0.5, 0.6) is 11.5 Å². The lowest BCUT2D eigenvalue weighted by Crippen LogP contribution is -2.16. The molecule has 1 N–H and O–H groups in total. The fraction of sp³-hybridized carbons (Fsp3) is 0.176. The maximum absolute atomic E-state index is 11.8. The molecule has 2 aromatic rings. The van der Waals surface area contributed by atoms with Gasteiger partial charge < -0.3 is 19.6 Å². The standard InChI is InChI=1S/C17H17BrN2O4/c1-22-15-5-3-4-12(17(15)23-2)10-19-24-11-16(21)20-14-8-6-13(18)7-9-14/h3-10H,11H2,1-2H3,(H,20,21)/b19-10-. The van der Waals surface area contributed by atoms with Gasteiger partial charge in [0.25, 0.3) is 5.91 Å². The monoisotopic (exact) mass is 392 g/mol. The van der Waals surface area contributed by atoms with E-state index in [9.17, 15) is 4.79 Å². The van der Waals surface area contributed by atoms with E-state index in [0.29, 0.717) is 22.7 Å². The molecule has 0 spiro atoms. The number of hydrogen-bond donors (Lipinski definition) is 1. The first-order valence-corrected chi connectivity index (χ1v) is 7.85. The average molecular weight is 393 g/mol. The third kappa shape index (κ3) is 4.99. The summed E-state index contributed by atoms with van der Waals surface area (Å²) in [7, 11) is 3.10. The topological polar surface area (TPSA) is 69.2 Å². The lowest BCUT2D eigenvalue weighted by Gasteiger charge is -2.09. The molecule has 0 heterocycles. The number of halogens is 1. The van der Waals surface area contributed by atoms with Crippen molar-refractivity contribution in [2.24, 2.45) is 5.16 Å². The second-order valence-corrected chi connectivity index (χ2v) is 5.56. The zero-order valence-corrected chi connectivity index (χ0v) is 14.9. The van der Waals surface area contributed by atoms with E-state index in [1.54, 1.807) is 38.5 Å². The maximum atomic E-state index is 11.8. The van der Waals surface area contributed by atoms with Gasteiger partial charge in [-0.1, -0.05) is 27.2 Å². The van der Waals surface area contributed by atoms with E-state index in [4.69, 9.17) is 14.3 Å². The number of hydrogen-bond acceptors (Lipinski definition) is 5. The number of nitrogens with one attached hydrogen (secondary N) is 1. The number of benzene rings is 2. The molecular weight excluding hydrogens is 376 g/mol. The Bertz CT molecular complexity index is 717. The first kappa shape index (κ1) is 17.8. The number of rotatable bonds is 7. The van der Waals surface area contributed by atoms with Crippen LogP contribution >= 0.6 is 15.9 Å². The second-order valence-electron chi connectivity index (χ2n) is 4.65. The quantitative estimate of drug-likeness (QED) is 0.578.